The van der Waals surface area contributed by atoms with Crippen LogP contribution in [0.2, 0.25) is 0 Å². The van der Waals surface area contributed by atoms with E-state index in [0.717, 1.165) is 42.4 Å². The molecule has 3 fully saturated rings. The van der Waals surface area contributed by atoms with Gasteiger partial charge in [0.1, 0.15) is 53.8 Å². The minimum absolute atomic E-state index is 0.0386. The van der Waals surface area contributed by atoms with E-state index in [2.05, 4.69) is 21.3 Å². The first-order chi connectivity index (χ1) is 62.8. The fourth-order valence-corrected chi connectivity index (χ4v) is 16.0. The molecule has 3 aliphatic rings. The van der Waals surface area contributed by atoms with Gasteiger partial charge < -0.3 is 112 Å². The number of likely N-dealkylation sites (tertiary alicyclic amines) is 1. The molecule has 35 nitrogen and oxygen atoms in total. The predicted octanol–water partition coefficient (Wildman–Crippen LogP) is 9.78. The van der Waals surface area contributed by atoms with Gasteiger partial charge in [0, 0.05) is 132 Å². The van der Waals surface area contributed by atoms with Gasteiger partial charge in [-0.1, -0.05) is 115 Å². The van der Waals surface area contributed by atoms with E-state index in [1.165, 1.54) is 52.8 Å². The Bertz CT molecular complexity index is 4200. The summed E-state index contributed by atoms with van der Waals surface area (Å²) >= 11 is 0. The Labute approximate surface area is 767 Å². The number of hydrogen-bond donors (Lipinski definition) is 5. The molecule has 0 aromatic heterocycles. The van der Waals surface area contributed by atoms with E-state index in [-0.39, 0.29) is 235 Å². The number of carbonyl (C=O) groups excluding carboxylic acids is 11. The maximum atomic E-state index is 14.3. The maximum absolute atomic E-state index is 14.3. The van der Waals surface area contributed by atoms with Gasteiger partial charge in [-0.3, -0.25) is 57.5 Å². The number of aliphatic carboxylic acids is 1. The molecule has 0 aliphatic carbocycles. The van der Waals surface area contributed by atoms with Gasteiger partial charge >= 0.3 is 29.8 Å². The smallest absolute Gasteiger partial charge is 0.306 e. The van der Waals surface area contributed by atoms with Gasteiger partial charge in [0.25, 0.3) is 5.91 Å². The Hall–Kier alpha value is -9.92. The number of esters is 4. The number of Topliss-reactive ketones (excluding diaryl/α,β-unsaturated/α-hetero) is 2. The Kier molecular flexibility index (Phi) is 46.9. The summed E-state index contributed by atoms with van der Waals surface area (Å²) in [5, 5.41) is 20.5. The number of carboxylic acid groups (broad SMARTS) is 1. The molecule has 0 spiro atoms. The summed E-state index contributed by atoms with van der Waals surface area (Å²) in [5.74, 6) is -4.94. The number of unbranched alkanes of at least 4 members (excludes halogenated alkanes) is 5. The molecule has 0 radical (unpaired) electrons. The van der Waals surface area contributed by atoms with Crippen molar-refractivity contribution < 1.29 is 143 Å². The first-order valence-corrected chi connectivity index (χ1v) is 45.3. The quantitative estimate of drug-likeness (QED) is 0.00902. The number of anilines is 1. The average Bonchev–Trinajstić information content (AvgIpc) is 1.72. The van der Waals surface area contributed by atoms with E-state index < -0.39 is 107 Å². The molecule has 7 rings (SSSR count). The van der Waals surface area contributed by atoms with Crippen molar-refractivity contribution in [3.8, 4) is 11.5 Å². The van der Waals surface area contributed by atoms with E-state index >= 15 is 0 Å². The molecule has 5 amide bonds. The zero-order valence-electron chi connectivity index (χ0n) is 78.0. The van der Waals surface area contributed by atoms with Gasteiger partial charge in [-0.15, -0.1) is 0 Å². The Morgan fingerprint density at radius 2 is 0.985 bits per heavy atom. The summed E-state index contributed by atoms with van der Waals surface area (Å²) in [6.45, 7) is 19.1. The van der Waals surface area contributed by atoms with Gasteiger partial charge in [0.15, 0.2) is 18.4 Å². The lowest BCUT2D eigenvalue weighted by molar-refractivity contribution is -0.264. The fourth-order valence-electron chi connectivity index (χ4n) is 16.0. The SMILES string of the molecule is CC[C@H]1OC(OCCOCCOCCOCCCC(=O)c2cc(NC(=O)CCC(=O)CCCCCCCCC(=O)N3CC(C)(COC(=O)CCC(=O)O)C(C)(COC(c4ccccc4)(c4ccc(OC)cc4)c4ccc(OC)cc4)C3)cc(C(=O)NCCOCCOCCOCCOC3O[C@H](COC(C)=O)[C@H](OC(C)=O)[C@H](C)[C@H]3NC(C)=O)c2)[C@H](NC(C)=O)[C@@H](OC(C)=O)[C@H]1C. The van der Waals surface area contributed by atoms with Crippen molar-refractivity contribution >= 4 is 76.6 Å². The van der Waals surface area contributed by atoms with Crippen molar-refractivity contribution in [3.05, 3.63) is 125 Å². The van der Waals surface area contributed by atoms with E-state index in [0.29, 0.717) is 37.2 Å². The van der Waals surface area contributed by atoms with Gasteiger partial charge in [-0.05, 0) is 84.8 Å². The van der Waals surface area contributed by atoms with Crippen molar-refractivity contribution in [2.75, 3.05) is 151 Å². The van der Waals surface area contributed by atoms with E-state index in [9.17, 15) is 62.6 Å². The molecule has 3 heterocycles. The third kappa shape index (κ3) is 35.9. The molecule has 4 unspecified atom stereocenters. The Morgan fingerprint density at radius 3 is 1.53 bits per heavy atom. The summed E-state index contributed by atoms with van der Waals surface area (Å²) in [6.07, 6.45) is 0.501. The van der Waals surface area contributed by atoms with E-state index in [4.69, 9.17) is 80.5 Å². The number of hydrogen-bond acceptors (Lipinski definition) is 29. The second kappa shape index (κ2) is 56.8. The molecule has 12 atom stereocenters. The number of nitrogens with zero attached hydrogens (tertiary/aromatic N) is 1. The molecule has 131 heavy (non-hydrogen) atoms. The zero-order valence-corrected chi connectivity index (χ0v) is 78.0. The largest absolute Gasteiger partial charge is 0.497 e. The normalized spacial score (nSPS) is 21.2. The van der Waals surface area contributed by atoms with Crippen LogP contribution in [-0.2, 0) is 125 Å². The lowest BCUT2D eigenvalue weighted by Gasteiger charge is -2.44. The first-order valence-electron chi connectivity index (χ1n) is 45.3. The maximum Gasteiger partial charge on any atom is 0.306 e. The number of benzene rings is 4. The second-order valence-electron chi connectivity index (χ2n) is 33.5. The molecule has 726 valence electrons. The predicted molar refractivity (Wildman–Crippen MR) is 477 cm³/mol. The Morgan fingerprint density at radius 1 is 0.489 bits per heavy atom. The van der Waals surface area contributed by atoms with Crippen LogP contribution >= 0.6 is 0 Å². The number of carbonyl (C=O) groups is 12. The van der Waals surface area contributed by atoms with Crippen LogP contribution in [0.1, 0.15) is 203 Å². The molecule has 35 heteroatoms. The monoisotopic (exact) mass is 1840 g/mol. The fraction of sp³-hybridized carbons (Fsp3) is 0.625. The lowest BCUT2D eigenvalue weighted by atomic mass is 9.68. The van der Waals surface area contributed by atoms with Crippen LogP contribution in [0.5, 0.6) is 11.5 Å². The molecule has 3 saturated heterocycles. The van der Waals surface area contributed by atoms with E-state index in [1.807, 2.05) is 111 Å². The molecule has 4 aromatic carbocycles. The average molecular weight is 1840 g/mol. The second-order valence-corrected chi connectivity index (χ2v) is 33.5. The molecule has 0 saturated carbocycles. The highest BCUT2D eigenvalue weighted by Gasteiger charge is 2.56. The highest BCUT2D eigenvalue weighted by molar-refractivity contribution is 6.03. The van der Waals surface area contributed by atoms with Crippen molar-refractivity contribution in [1.29, 1.82) is 0 Å². The number of methoxy groups -OCH3 is 2. The Balaban J connectivity index is 0.852. The summed E-state index contributed by atoms with van der Waals surface area (Å²) < 4.78 is 99.0. The van der Waals surface area contributed by atoms with Crippen LogP contribution in [0.4, 0.5) is 5.69 Å². The molecule has 3 aliphatic heterocycles. The lowest BCUT2D eigenvalue weighted by Crippen LogP contribution is -2.62. The van der Waals surface area contributed by atoms with Crippen molar-refractivity contribution in [1.82, 2.24) is 20.9 Å². The molecule has 0 bridgehead atoms. The number of rotatable bonds is 62. The van der Waals surface area contributed by atoms with Gasteiger partial charge in [0.2, 0.25) is 23.6 Å². The minimum Gasteiger partial charge on any atom is -0.497 e. The number of carboxylic acids is 1. The number of ketones is 2. The van der Waals surface area contributed by atoms with Crippen molar-refractivity contribution in [2.45, 2.75) is 220 Å². The molecular formula is C96H137N5O30. The van der Waals surface area contributed by atoms with Crippen molar-refractivity contribution in [2.24, 2.45) is 22.7 Å². The van der Waals surface area contributed by atoms with Crippen LogP contribution in [0.3, 0.4) is 0 Å². The van der Waals surface area contributed by atoms with Crippen LogP contribution in [0, 0.1) is 22.7 Å². The van der Waals surface area contributed by atoms with E-state index in [1.54, 1.807) is 21.1 Å². The van der Waals surface area contributed by atoms with Crippen molar-refractivity contribution in [3.63, 3.8) is 0 Å². The molecule has 4 aromatic rings. The number of nitrogens with one attached hydrogen (secondary N) is 4. The third-order valence-corrected chi connectivity index (χ3v) is 23.3. The molecular weight excluding hydrogens is 1700 g/mol. The topological polar surface area (TPSA) is 433 Å². The van der Waals surface area contributed by atoms with Crippen LogP contribution in [0.15, 0.2) is 97.1 Å². The van der Waals surface area contributed by atoms with Crippen LogP contribution in [0.25, 0.3) is 0 Å². The van der Waals surface area contributed by atoms with Crippen LogP contribution in [-0.4, -0.2) is 276 Å². The summed E-state index contributed by atoms with van der Waals surface area (Å²) in [6, 6.07) is 28.1. The number of amides is 5. The highest BCUT2D eigenvalue weighted by Crippen LogP contribution is 2.51. The third-order valence-electron chi connectivity index (χ3n) is 23.3. The highest BCUT2D eigenvalue weighted by atomic mass is 16.7. The zero-order chi connectivity index (χ0) is 95.3. The summed E-state index contributed by atoms with van der Waals surface area (Å²) in [5.41, 5.74) is 0.0484. The standard InChI is InChI=1S/C96H137N5O30/c1-13-81-64(2)90(129-70(8)106)88(99-67(5)103)93(130-81)124-55-53-122-50-48-119-46-44-117-42-23-27-80(108)71-56-72(91(114)97-41-43-118-45-47-120-49-51-121-52-54-123-92-87(98-66(4)102)65(3)89(128-69(7)105)82(131-92)59-125-68(6)104)58-76(57-71)100-83(109)38-33-77(107)26-21-16-14-15-17-22-28-84(110)101-60-94(9,62-126-86(113)40-39-85(111)112)95(10,61-101)63-127-96(73-24-19-18-20-25-73,74-29-34-78(115-11)35-30-74)75-31-36-79(116-12)37-32-75/h18-20,24-25,29-32,34-37,56-58,64-65,81-82,87-90,92-93H,13-17,21-23,26-28,33,38-55,59-63H2,1-12H3,(H,97,114)(H,98,102)(H,99,103)(H,100,109)(H,111,112)/t64-,65+,81+,82+,87+,88+,89+,90-,92?,93?,94?,95?/m0/s1. The first kappa shape index (κ1) is 108. The van der Waals surface area contributed by atoms with Gasteiger partial charge in [-0.2, -0.15) is 0 Å². The minimum atomic E-state index is -1.19. The summed E-state index contributed by atoms with van der Waals surface area (Å²) in [7, 11) is 3.20. The molecule has 5 N–H and O–H groups in total. The van der Waals surface area contributed by atoms with Gasteiger partial charge in [0.05, 0.1) is 138 Å². The summed E-state index contributed by atoms with van der Waals surface area (Å²) in [4.78, 5) is 155. The van der Waals surface area contributed by atoms with Gasteiger partial charge in [-0.25, -0.2) is 0 Å². The van der Waals surface area contributed by atoms with Crippen LogP contribution < -0.4 is 30.7 Å². The number of ether oxygens (including phenoxy) is 17.